The molecule has 0 saturated heterocycles. The Kier molecular flexibility index (Phi) is 69.9. The topological polar surface area (TPSA) is 34.1 Å². The summed E-state index contributed by atoms with van der Waals surface area (Å²) in [7, 11) is 0. The molecule has 0 spiro atoms. The van der Waals surface area contributed by atoms with Gasteiger partial charge in [-0.05, 0) is 37.5 Å². The van der Waals surface area contributed by atoms with Crippen LogP contribution in [0.3, 0.4) is 0 Å². The van der Waals surface area contributed by atoms with E-state index in [1.807, 2.05) is 12.6 Å². The first kappa shape index (κ1) is 63.6. The van der Waals surface area contributed by atoms with Gasteiger partial charge in [0.1, 0.15) is 0 Å². The van der Waals surface area contributed by atoms with Gasteiger partial charge in [0, 0.05) is 0 Å². The molecule has 0 heterocycles. The molecule has 57 heavy (non-hydrogen) atoms. The summed E-state index contributed by atoms with van der Waals surface area (Å²) in [5.74, 6) is 1.76. The van der Waals surface area contributed by atoms with E-state index < -0.39 is 0 Å². The van der Waals surface area contributed by atoms with Crippen LogP contribution in [0.5, 0.6) is 0 Å². The van der Waals surface area contributed by atoms with Gasteiger partial charge in [-0.3, -0.25) is 12.6 Å². The molecule has 0 rings (SSSR count). The van der Waals surface area contributed by atoms with Gasteiger partial charge in [-0.1, -0.05) is 271 Å². The summed E-state index contributed by atoms with van der Waals surface area (Å²) in [6, 6.07) is 0. The van der Waals surface area contributed by atoms with Crippen LogP contribution in [0.25, 0.3) is 0 Å². The van der Waals surface area contributed by atoms with Crippen molar-refractivity contribution in [3.8, 4) is 0 Å². The van der Waals surface area contributed by atoms with Crippen molar-refractivity contribution in [3.05, 3.63) is 19.1 Å². The van der Waals surface area contributed by atoms with Crippen molar-refractivity contribution in [2.24, 2.45) is 11.8 Å². The maximum atomic E-state index is 10.0. The molecule has 0 aromatic heterocycles. The molecule has 1 radical (unpaired) electrons. The second kappa shape index (κ2) is 62.6. The van der Waals surface area contributed by atoms with Gasteiger partial charge in [-0.2, -0.15) is 19.3 Å². The minimum Gasteiger partial charge on any atom is -0.542 e. The number of hydrogen-bond acceptors (Lipinski definition) is 2. The van der Waals surface area contributed by atoms with Gasteiger partial charge < -0.3 is 16.5 Å². The average Bonchev–Trinajstić information content (AvgIpc) is 3.18. The largest absolute Gasteiger partial charge is 3.00 e. The molecular weight excluding hydrogens is 772 g/mol. The molecule has 0 aromatic rings. The predicted molar refractivity (Wildman–Crippen MR) is 255 cm³/mol. The zero-order valence-electron chi connectivity index (χ0n) is 40.0. The Labute approximate surface area is 381 Å². The third kappa shape index (κ3) is 73.9. The number of carbonyl (C=O) groups excluding carboxylic acids is 2. The fourth-order valence-electron chi connectivity index (χ4n) is 7.28. The molecule has 0 aliphatic heterocycles. The zero-order valence-corrected chi connectivity index (χ0v) is 42.5. The summed E-state index contributed by atoms with van der Waals surface area (Å²) in [5, 5.41) is 0. The normalized spacial score (nSPS) is 11.0. The molecular formula is C54H105O2Zr. The molecule has 0 aliphatic rings. The van der Waals surface area contributed by atoms with Gasteiger partial charge >= 0.3 is 26.2 Å². The predicted octanol–water partition coefficient (Wildman–Crippen LogP) is 19.3. The van der Waals surface area contributed by atoms with Crippen LogP contribution in [0.2, 0.25) is 0 Å². The molecule has 0 atom stereocenters. The Morgan fingerprint density at radius 2 is 0.614 bits per heavy atom. The van der Waals surface area contributed by atoms with Gasteiger partial charge in [0.05, 0.1) is 0 Å². The maximum Gasteiger partial charge on any atom is 3.00 e. The van der Waals surface area contributed by atoms with Gasteiger partial charge in [-0.15, -0.1) is 0 Å². The van der Waals surface area contributed by atoms with E-state index in [0.717, 1.165) is 31.1 Å². The zero-order chi connectivity index (χ0) is 41.7. The van der Waals surface area contributed by atoms with Crippen LogP contribution in [-0.2, 0) is 35.8 Å². The SMILES string of the molecule is CC(C)CCCCCCCCCCCCCC[C-]=O.CC(C)CCCCCCCCCCCCCC[C-]=O.[CH2-]CCCCCCC/C=C\CCCCCCCC.[Zr+3]. The van der Waals surface area contributed by atoms with Gasteiger partial charge in [0.2, 0.25) is 0 Å². The van der Waals surface area contributed by atoms with Crippen LogP contribution in [0, 0.1) is 18.8 Å². The van der Waals surface area contributed by atoms with E-state index in [1.165, 1.54) is 238 Å². The summed E-state index contributed by atoms with van der Waals surface area (Å²) in [6.45, 7) is 15.4. The summed E-state index contributed by atoms with van der Waals surface area (Å²) >= 11 is 0. The molecule has 2 nitrogen and oxygen atoms in total. The van der Waals surface area contributed by atoms with Crippen molar-refractivity contribution in [2.45, 2.75) is 304 Å². The fraction of sp³-hybridized carbons (Fsp3) is 0.907. The van der Waals surface area contributed by atoms with E-state index in [0.29, 0.717) is 12.8 Å². The summed E-state index contributed by atoms with van der Waals surface area (Å²) < 4.78 is 0. The van der Waals surface area contributed by atoms with E-state index >= 15 is 0 Å². The molecule has 0 fully saturated rings. The fourth-order valence-corrected chi connectivity index (χ4v) is 7.28. The van der Waals surface area contributed by atoms with Crippen molar-refractivity contribution in [1.82, 2.24) is 0 Å². The van der Waals surface area contributed by atoms with Gasteiger partial charge in [0.15, 0.2) is 0 Å². The Balaban J connectivity index is -0.000000367. The molecule has 0 aliphatic carbocycles. The Morgan fingerprint density at radius 1 is 0.368 bits per heavy atom. The van der Waals surface area contributed by atoms with Crippen LogP contribution in [0.15, 0.2) is 12.2 Å². The summed E-state index contributed by atoms with van der Waals surface area (Å²) in [6.07, 6.45) is 64.5. The van der Waals surface area contributed by atoms with Crippen LogP contribution >= 0.6 is 0 Å². The molecule has 0 aromatic carbocycles. The first-order valence-electron chi connectivity index (χ1n) is 25.6. The second-order valence-electron chi connectivity index (χ2n) is 18.1. The van der Waals surface area contributed by atoms with Crippen molar-refractivity contribution in [3.63, 3.8) is 0 Å². The monoisotopic (exact) mass is 876 g/mol. The second-order valence-corrected chi connectivity index (χ2v) is 18.1. The van der Waals surface area contributed by atoms with E-state index in [-0.39, 0.29) is 26.2 Å². The minimum absolute atomic E-state index is 0. The van der Waals surface area contributed by atoms with Gasteiger partial charge in [0.25, 0.3) is 0 Å². The average molecular weight is 878 g/mol. The first-order valence-corrected chi connectivity index (χ1v) is 25.6. The maximum absolute atomic E-state index is 10.0. The van der Waals surface area contributed by atoms with E-state index in [1.54, 1.807) is 0 Å². The van der Waals surface area contributed by atoms with E-state index in [9.17, 15) is 9.59 Å². The van der Waals surface area contributed by atoms with E-state index in [2.05, 4.69) is 53.7 Å². The van der Waals surface area contributed by atoms with Crippen LogP contribution in [0.1, 0.15) is 304 Å². The Bertz CT molecular complexity index is 644. The van der Waals surface area contributed by atoms with Crippen LogP contribution in [0.4, 0.5) is 0 Å². The van der Waals surface area contributed by atoms with Crippen LogP contribution < -0.4 is 0 Å². The smallest absolute Gasteiger partial charge is 0.542 e. The van der Waals surface area contributed by atoms with E-state index in [4.69, 9.17) is 0 Å². The number of rotatable bonds is 44. The molecule has 0 amide bonds. The quantitative estimate of drug-likeness (QED) is 0.0347. The third-order valence-corrected chi connectivity index (χ3v) is 11.1. The molecule has 0 saturated carbocycles. The number of unbranched alkanes of at least 4 members (excludes halogenated alkanes) is 36. The first-order chi connectivity index (χ1) is 27.5. The summed E-state index contributed by atoms with van der Waals surface area (Å²) in [5.41, 5.74) is 0. The molecule has 0 bridgehead atoms. The Hall–Kier alpha value is -0.0369. The number of allylic oxidation sites excluding steroid dienone is 2. The molecule has 0 unspecified atom stereocenters. The van der Waals surface area contributed by atoms with Crippen LogP contribution in [-0.4, -0.2) is 12.6 Å². The number of hydrogen-bond donors (Lipinski definition) is 0. The van der Waals surface area contributed by atoms with Crippen molar-refractivity contribution >= 4 is 12.6 Å². The van der Waals surface area contributed by atoms with Crippen molar-refractivity contribution in [2.75, 3.05) is 0 Å². The minimum atomic E-state index is 0. The summed E-state index contributed by atoms with van der Waals surface area (Å²) in [4.78, 5) is 20.0. The van der Waals surface area contributed by atoms with Crippen molar-refractivity contribution < 1.29 is 35.8 Å². The Morgan fingerprint density at radius 3 is 0.877 bits per heavy atom. The van der Waals surface area contributed by atoms with Crippen molar-refractivity contribution in [1.29, 1.82) is 0 Å². The standard InChI is InChI=1S/2C18H35O.C18H35.Zr/c2*1-18(2)16-14-12-10-8-6-4-3-5-7-9-11-13-15-17-19;1-3-5-7-9-11-13-15-17-18-16-14-12-10-8-6-4-2;/h2*18H,3-16H2,1-2H3;17-18H,1,3-16H2,2H3;/q3*-1;+3/b;;18-17-;. The molecule has 0 N–H and O–H groups in total. The molecule has 337 valence electrons. The van der Waals surface area contributed by atoms with Gasteiger partial charge in [-0.25, -0.2) is 0 Å². The molecule has 3 heteroatoms. The third-order valence-electron chi connectivity index (χ3n) is 11.1.